The predicted molar refractivity (Wildman–Crippen MR) is 88.9 cm³/mol. The molecule has 0 unspecified atom stereocenters. The number of benzene rings is 2. The third-order valence-corrected chi connectivity index (χ3v) is 3.40. The third kappa shape index (κ3) is 4.11. The summed E-state index contributed by atoms with van der Waals surface area (Å²) in [6.45, 7) is 0.421. The van der Waals surface area contributed by atoms with E-state index in [0.29, 0.717) is 29.8 Å². The molecule has 0 atom stereocenters. The zero-order valence-electron chi connectivity index (χ0n) is 12.8. The SMILES string of the molecule is COc1cc(/C=C/C(=O)c2cc(O)ccc2CCN)ccc1O. The molecule has 0 aliphatic carbocycles. The Morgan fingerprint density at radius 3 is 2.70 bits per heavy atom. The average molecular weight is 313 g/mol. The van der Waals surface area contributed by atoms with Crippen molar-refractivity contribution >= 4 is 11.9 Å². The van der Waals surface area contributed by atoms with Crippen LogP contribution in [0.3, 0.4) is 0 Å². The first kappa shape index (κ1) is 16.6. The number of rotatable bonds is 6. The fourth-order valence-corrected chi connectivity index (χ4v) is 2.23. The molecule has 2 rings (SSSR count). The van der Waals surface area contributed by atoms with Gasteiger partial charge in [0, 0.05) is 5.56 Å². The summed E-state index contributed by atoms with van der Waals surface area (Å²) in [7, 11) is 1.46. The number of aromatic hydroxyl groups is 2. The number of hydrogen-bond donors (Lipinski definition) is 3. The van der Waals surface area contributed by atoms with Gasteiger partial charge in [0.1, 0.15) is 5.75 Å². The van der Waals surface area contributed by atoms with E-state index in [9.17, 15) is 15.0 Å². The Morgan fingerprint density at radius 1 is 1.22 bits per heavy atom. The third-order valence-electron chi connectivity index (χ3n) is 3.40. The largest absolute Gasteiger partial charge is 0.508 e. The molecule has 2 aromatic rings. The van der Waals surface area contributed by atoms with Crippen molar-refractivity contribution in [2.24, 2.45) is 5.73 Å². The number of phenols is 2. The van der Waals surface area contributed by atoms with Crippen LogP contribution < -0.4 is 10.5 Å². The van der Waals surface area contributed by atoms with Crippen LogP contribution >= 0.6 is 0 Å². The highest BCUT2D eigenvalue weighted by molar-refractivity contribution is 6.08. The number of ether oxygens (including phenoxy) is 1. The molecule has 23 heavy (non-hydrogen) atoms. The lowest BCUT2D eigenvalue weighted by Crippen LogP contribution is -2.07. The predicted octanol–water partition coefficient (Wildman–Crippen LogP) is 2.50. The van der Waals surface area contributed by atoms with Crippen LogP contribution in [0.1, 0.15) is 21.5 Å². The van der Waals surface area contributed by atoms with Gasteiger partial charge < -0.3 is 20.7 Å². The van der Waals surface area contributed by atoms with Crippen LogP contribution in [-0.2, 0) is 6.42 Å². The fourth-order valence-electron chi connectivity index (χ4n) is 2.23. The van der Waals surface area contributed by atoms with Crippen molar-refractivity contribution in [2.75, 3.05) is 13.7 Å². The number of allylic oxidation sites excluding steroid dienone is 1. The fraction of sp³-hybridized carbons (Fsp3) is 0.167. The van der Waals surface area contributed by atoms with Gasteiger partial charge in [-0.2, -0.15) is 0 Å². The first-order valence-corrected chi connectivity index (χ1v) is 7.16. The Balaban J connectivity index is 2.26. The normalized spacial score (nSPS) is 10.9. The van der Waals surface area contributed by atoms with Crippen LogP contribution in [0.5, 0.6) is 17.2 Å². The lowest BCUT2D eigenvalue weighted by molar-refractivity contribution is 0.104. The summed E-state index contributed by atoms with van der Waals surface area (Å²) < 4.78 is 5.03. The monoisotopic (exact) mass is 313 g/mol. The molecule has 0 radical (unpaired) electrons. The van der Waals surface area contributed by atoms with Gasteiger partial charge in [0.15, 0.2) is 17.3 Å². The van der Waals surface area contributed by atoms with E-state index in [2.05, 4.69) is 0 Å². The molecule has 120 valence electrons. The van der Waals surface area contributed by atoms with Crippen molar-refractivity contribution < 1.29 is 19.7 Å². The summed E-state index contributed by atoms with van der Waals surface area (Å²) in [6.07, 6.45) is 3.60. The summed E-state index contributed by atoms with van der Waals surface area (Å²) in [6, 6.07) is 9.47. The number of hydrogen-bond acceptors (Lipinski definition) is 5. The van der Waals surface area contributed by atoms with Gasteiger partial charge in [-0.25, -0.2) is 0 Å². The van der Waals surface area contributed by atoms with Gasteiger partial charge in [-0.05, 0) is 54.4 Å². The number of methoxy groups -OCH3 is 1. The number of carbonyl (C=O) groups excluding carboxylic acids is 1. The molecule has 4 N–H and O–H groups in total. The van der Waals surface area contributed by atoms with E-state index in [1.165, 1.54) is 31.4 Å². The van der Waals surface area contributed by atoms with E-state index in [0.717, 1.165) is 5.56 Å². The second-order valence-corrected chi connectivity index (χ2v) is 5.01. The minimum Gasteiger partial charge on any atom is -0.508 e. The Bertz CT molecular complexity index is 738. The second kappa shape index (κ2) is 7.47. The number of carbonyl (C=O) groups is 1. The van der Waals surface area contributed by atoms with Gasteiger partial charge in [-0.1, -0.05) is 18.2 Å². The maximum atomic E-state index is 12.4. The number of nitrogens with two attached hydrogens (primary N) is 1. The van der Waals surface area contributed by atoms with Crippen LogP contribution in [-0.4, -0.2) is 29.7 Å². The van der Waals surface area contributed by atoms with E-state index < -0.39 is 0 Å². The second-order valence-electron chi connectivity index (χ2n) is 5.01. The molecular formula is C18H19NO4. The zero-order valence-corrected chi connectivity index (χ0v) is 12.8. The van der Waals surface area contributed by atoms with Gasteiger partial charge in [-0.15, -0.1) is 0 Å². The van der Waals surface area contributed by atoms with Crippen molar-refractivity contribution in [1.29, 1.82) is 0 Å². The summed E-state index contributed by atoms with van der Waals surface area (Å²) in [4.78, 5) is 12.4. The van der Waals surface area contributed by atoms with E-state index in [1.807, 2.05) is 0 Å². The Morgan fingerprint density at radius 2 is 2.00 bits per heavy atom. The molecule has 0 heterocycles. The maximum Gasteiger partial charge on any atom is 0.186 e. The molecule has 0 bridgehead atoms. The van der Waals surface area contributed by atoms with Gasteiger partial charge in [0.2, 0.25) is 0 Å². The summed E-state index contributed by atoms with van der Waals surface area (Å²) in [5.74, 6) is 0.181. The molecule has 0 aliphatic heterocycles. The van der Waals surface area contributed by atoms with Crippen molar-refractivity contribution in [3.8, 4) is 17.2 Å². The molecule has 0 fully saturated rings. The van der Waals surface area contributed by atoms with Gasteiger partial charge in [-0.3, -0.25) is 4.79 Å². The topological polar surface area (TPSA) is 92.8 Å². The van der Waals surface area contributed by atoms with Crippen LogP contribution in [0.25, 0.3) is 6.08 Å². The molecule has 0 aromatic heterocycles. The molecule has 0 saturated heterocycles. The molecule has 5 nitrogen and oxygen atoms in total. The highest BCUT2D eigenvalue weighted by Crippen LogP contribution is 2.27. The maximum absolute atomic E-state index is 12.4. The highest BCUT2D eigenvalue weighted by Gasteiger charge is 2.10. The standard InChI is InChI=1S/C18H19NO4/c1-23-18-10-12(3-7-17(18)22)2-6-16(21)15-11-14(20)5-4-13(15)8-9-19/h2-7,10-11,20,22H,8-9,19H2,1H3/b6-2+. The zero-order chi connectivity index (χ0) is 16.8. The van der Waals surface area contributed by atoms with Gasteiger partial charge >= 0.3 is 0 Å². The highest BCUT2D eigenvalue weighted by atomic mass is 16.5. The number of ketones is 1. The molecule has 0 spiro atoms. The summed E-state index contributed by atoms with van der Waals surface area (Å²) in [5.41, 5.74) is 7.49. The molecule has 0 saturated carbocycles. The molecule has 2 aromatic carbocycles. The van der Waals surface area contributed by atoms with Crippen LogP contribution in [0.15, 0.2) is 42.5 Å². The van der Waals surface area contributed by atoms with E-state index in [-0.39, 0.29) is 17.3 Å². The Labute approximate surface area is 134 Å². The van der Waals surface area contributed by atoms with Crippen LogP contribution in [0.4, 0.5) is 0 Å². The van der Waals surface area contributed by atoms with Gasteiger partial charge in [0.25, 0.3) is 0 Å². The van der Waals surface area contributed by atoms with Gasteiger partial charge in [0.05, 0.1) is 7.11 Å². The summed E-state index contributed by atoms with van der Waals surface area (Å²) in [5, 5.41) is 19.1. The Hall–Kier alpha value is -2.79. The van der Waals surface area contributed by atoms with Crippen LogP contribution in [0.2, 0.25) is 0 Å². The first-order chi connectivity index (χ1) is 11.0. The van der Waals surface area contributed by atoms with E-state index in [1.54, 1.807) is 24.3 Å². The lowest BCUT2D eigenvalue weighted by Gasteiger charge is -2.07. The molecule has 0 amide bonds. The minimum absolute atomic E-state index is 0.0359. The average Bonchev–Trinajstić information content (AvgIpc) is 2.55. The van der Waals surface area contributed by atoms with Crippen LogP contribution in [0, 0.1) is 0 Å². The molecule has 0 aliphatic rings. The number of phenolic OH excluding ortho intramolecular Hbond substituents is 2. The van der Waals surface area contributed by atoms with Crippen molar-refractivity contribution in [2.45, 2.75) is 6.42 Å². The van der Waals surface area contributed by atoms with Crippen molar-refractivity contribution in [3.63, 3.8) is 0 Å². The quantitative estimate of drug-likeness (QED) is 0.563. The van der Waals surface area contributed by atoms with E-state index >= 15 is 0 Å². The van der Waals surface area contributed by atoms with E-state index in [4.69, 9.17) is 10.5 Å². The molecule has 5 heteroatoms. The summed E-state index contributed by atoms with van der Waals surface area (Å²) >= 11 is 0. The lowest BCUT2D eigenvalue weighted by atomic mass is 9.99. The van der Waals surface area contributed by atoms with Crippen molar-refractivity contribution in [1.82, 2.24) is 0 Å². The molecular weight excluding hydrogens is 294 g/mol. The minimum atomic E-state index is -0.226. The Kier molecular flexibility index (Phi) is 5.38. The van der Waals surface area contributed by atoms with Crippen molar-refractivity contribution in [3.05, 3.63) is 59.2 Å². The smallest absolute Gasteiger partial charge is 0.186 e. The first-order valence-electron chi connectivity index (χ1n) is 7.16.